The van der Waals surface area contributed by atoms with E-state index in [1.807, 2.05) is 0 Å². The molecule has 3 heteroatoms. The van der Waals surface area contributed by atoms with Gasteiger partial charge < -0.3 is 0 Å². The number of nitrogens with one attached hydrogen (secondary N) is 1. The molecule has 1 spiro atoms. The van der Waals surface area contributed by atoms with Gasteiger partial charge in [0.05, 0.1) is 5.41 Å². The second-order valence-corrected chi connectivity index (χ2v) is 3.55. The van der Waals surface area contributed by atoms with Gasteiger partial charge in [-0.3, -0.25) is 14.9 Å². The Hall–Kier alpha value is -1.12. The Morgan fingerprint density at radius 2 is 1.83 bits per heavy atom. The van der Waals surface area contributed by atoms with Crippen LogP contribution in [0.1, 0.15) is 25.7 Å². The fourth-order valence-electron chi connectivity index (χ4n) is 2.16. The first kappa shape index (κ1) is 7.53. The lowest BCUT2D eigenvalue weighted by Crippen LogP contribution is -2.29. The number of hydrogen-bond acceptors (Lipinski definition) is 2. The van der Waals surface area contributed by atoms with Gasteiger partial charge in [-0.1, -0.05) is 19.4 Å². The molecule has 1 aliphatic heterocycles. The summed E-state index contributed by atoms with van der Waals surface area (Å²) in [6.07, 6.45) is 3.65. The lowest BCUT2D eigenvalue weighted by molar-refractivity contribution is -0.128. The molecule has 1 aliphatic carbocycles. The summed E-state index contributed by atoms with van der Waals surface area (Å²) in [5.74, 6) is -0.406. The standard InChI is InChI=1S/C9H11NO2/c1-6-7(11)10-8(12)9(6)4-2-3-5-9/h1-5H2,(H,10,11,12). The van der Waals surface area contributed by atoms with Crippen molar-refractivity contribution in [1.82, 2.24) is 5.32 Å². The molecule has 0 unspecified atom stereocenters. The zero-order valence-corrected chi connectivity index (χ0v) is 6.85. The molecule has 0 atom stereocenters. The maximum absolute atomic E-state index is 11.4. The molecule has 0 aromatic heterocycles. The predicted molar refractivity (Wildman–Crippen MR) is 43.2 cm³/mol. The number of carbonyl (C=O) groups is 2. The highest BCUT2D eigenvalue weighted by Gasteiger charge is 2.51. The Morgan fingerprint density at radius 3 is 2.25 bits per heavy atom. The maximum atomic E-state index is 11.4. The second kappa shape index (κ2) is 2.19. The van der Waals surface area contributed by atoms with E-state index in [-0.39, 0.29) is 11.8 Å². The van der Waals surface area contributed by atoms with Crippen molar-refractivity contribution in [2.45, 2.75) is 25.7 Å². The molecule has 12 heavy (non-hydrogen) atoms. The van der Waals surface area contributed by atoms with Crippen molar-refractivity contribution in [2.75, 3.05) is 0 Å². The van der Waals surface area contributed by atoms with Gasteiger partial charge in [0, 0.05) is 5.57 Å². The van der Waals surface area contributed by atoms with Crippen LogP contribution in [0.15, 0.2) is 12.2 Å². The Bertz CT molecular complexity index is 274. The molecular formula is C9H11NO2. The van der Waals surface area contributed by atoms with E-state index in [1.54, 1.807) is 0 Å². The van der Waals surface area contributed by atoms with Gasteiger partial charge in [0.25, 0.3) is 5.91 Å². The van der Waals surface area contributed by atoms with Crippen LogP contribution >= 0.6 is 0 Å². The monoisotopic (exact) mass is 165 g/mol. The molecular weight excluding hydrogens is 154 g/mol. The van der Waals surface area contributed by atoms with E-state index in [4.69, 9.17) is 0 Å². The minimum absolute atomic E-state index is 0.130. The van der Waals surface area contributed by atoms with E-state index in [0.29, 0.717) is 5.57 Å². The lowest BCUT2D eigenvalue weighted by Gasteiger charge is -2.18. The van der Waals surface area contributed by atoms with Crippen LogP contribution < -0.4 is 5.32 Å². The van der Waals surface area contributed by atoms with Crippen LogP contribution in [0.4, 0.5) is 0 Å². The van der Waals surface area contributed by atoms with Crippen molar-refractivity contribution in [2.24, 2.45) is 5.41 Å². The first-order valence-electron chi connectivity index (χ1n) is 4.22. The highest BCUT2D eigenvalue weighted by atomic mass is 16.2. The molecule has 3 nitrogen and oxygen atoms in total. The first-order chi connectivity index (χ1) is 5.67. The zero-order chi connectivity index (χ0) is 8.77. The first-order valence-corrected chi connectivity index (χ1v) is 4.22. The summed E-state index contributed by atoms with van der Waals surface area (Å²) in [6, 6.07) is 0. The topological polar surface area (TPSA) is 46.2 Å². The molecule has 1 N–H and O–H groups in total. The summed E-state index contributed by atoms with van der Waals surface area (Å²) in [6.45, 7) is 3.69. The Kier molecular flexibility index (Phi) is 1.37. The van der Waals surface area contributed by atoms with Crippen molar-refractivity contribution in [1.29, 1.82) is 0 Å². The second-order valence-electron chi connectivity index (χ2n) is 3.55. The van der Waals surface area contributed by atoms with Gasteiger partial charge in [-0.2, -0.15) is 0 Å². The van der Waals surface area contributed by atoms with Crippen LogP contribution in [0, 0.1) is 5.41 Å². The molecule has 2 amide bonds. The lowest BCUT2D eigenvalue weighted by atomic mass is 9.81. The number of carbonyl (C=O) groups excluding carboxylic acids is 2. The van der Waals surface area contributed by atoms with E-state index in [0.717, 1.165) is 25.7 Å². The Balaban J connectivity index is 2.40. The summed E-state index contributed by atoms with van der Waals surface area (Å²) < 4.78 is 0. The normalized spacial score (nSPS) is 26.8. The van der Waals surface area contributed by atoms with Gasteiger partial charge in [0.2, 0.25) is 5.91 Å². The van der Waals surface area contributed by atoms with E-state index >= 15 is 0 Å². The Morgan fingerprint density at radius 1 is 1.25 bits per heavy atom. The van der Waals surface area contributed by atoms with Crippen molar-refractivity contribution in [3.05, 3.63) is 12.2 Å². The third kappa shape index (κ3) is 0.709. The summed E-state index contributed by atoms with van der Waals surface area (Å²) in [4.78, 5) is 22.5. The SMILES string of the molecule is C=C1C(=O)NC(=O)C12CCCC2. The summed E-state index contributed by atoms with van der Waals surface area (Å²) in [5.41, 5.74) is -0.0399. The summed E-state index contributed by atoms with van der Waals surface area (Å²) >= 11 is 0. The van der Waals surface area contributed by atoms with Gasteiger partial charge in [-0.25, -0.2) is 0 Å². The molecule has 0 bridgehead atoms. The zero-order valence-electron chi connectivity index (χ0n) is 6.85. The van der Waals surface area contributed by atoms with Crippen molar-refractivity contribution in [3.63, 3.8) is 0 Å². The van der Waals surface area contributed by atoms with Crippen LogP contribution in [0.25, 0.3) is 0 Å². The van der Waals surface area contributed by atoms with E-state index < -0.39 is 5.41 Å². The minimum Gasteiger partial charge on any atom is -0.292 e. The molecule has 64 valence electrons. The van der Waals surface area contributed by atoms with Gasteiger partial charge in [-0.05, 0) is 12.8 Å². The molecule has 2 aliphatic rings. The largest absolute Gasteiger partial charge is 0.292 e. The van der Waals surface area contributed by atoms with Gasteiger partial charge in [0.15, 0.2) is 0 Å². The molecule has 1 saturated carbocycles. The smallest absolute Gasteiger partial charge is 0.254 e. The van der Waals surface area contributed by atoms with E-state index in [2.05, 4.69) is 11.9 Å². The number of amides is 2. The fourth-order valence-corrected chi connectivity index (χ4v) is 2.16. The van der Waals surface area contributed by atoms with Crippen LogP contribution in [0.3, 0.4) is 0 Å². The predicted octanol–water partition coefficient (Wildman–Crippen LogP) is 0.759. The molecule has 2 rings (SSSR count). The average molecular weight is 165 g/mol. The van der Waals surface area contributed by atoms with Gasteiger partial charge >= 0.3 is 0 Å². The summed E-state index contributed by atoms with van der Waals surface area (Å²) in [5, 5.41) is 2.32. The molecule has 1 heterocycles. The van der Waals surface area contributed by atoms with Crippen molar-refractivity contribution >= 4 is 11.8 Å². The van der Waals surface area contributed by atoms with Crippen LogP contribution in [-0.2, 0) is 9.59 Å². The van der Waals surface area contributed by atoms with E-state index in [1.165, 1.54) is 0 Å². The van der Waals surface area contributed by atoms with Crippen molar-refractivity contribution in [3.8, 4) is 0 Å². The molecule has 0 aromatic rings. The maximum Gasteiger partial charge on any atom is 0.254 e. The van der Waals surface area contributed by atoms with Crippen molar-refractivity contribution < 1.29 is 9.59 Å². The molecule has 0 aromatic carbocycles. The quantitative estimate of drug-likeness (QED) is 0.425. The molecule has 2 fully saturated rings. The fraction of sp³-hybridized carbons (Fsp3) is 0.556. The number of rotatable bonds is 0. The third-order valence-corrected chi connectivity index (χ3v) is 2.97. The average Bonchev–Trinajstić information content (AvgIpc) is 2.57. The Labute approximate surface area is 70.8 Å². The van der Waals surface area contributed by atoms with Crippen LogP contribution in [-0.4, -0.2) is 11.8 Å². The van der Waals surface area contributed by atoms with Crippen LogP contribution in [0.5, 0.6) is 0 Å². The minimum atomic E-state index is -0.517. The highest BCUT2D eigenvalue weighted by molar-refractivity contribution is 6.16. The highest BCUT2D eigenvalue weighted by Crippen LogP contribution is 2.46. The number of imide groups is 1. The van der Waals surface area contributed by atoms with Gasteiger partial charge in [-0.15, -0.1) is 0 Å². The molecule has 1 saturated heterocycles. The summed E-state index contributed by atoms with van der Waals surface area (Å²) in [7, 11) is 0. The van der Waals surface area contributed by atoms with E-state index in [9.17, 15) is 9.59 Å². The van der Waals surface area contributed by atoms with Crippen LogP contribution in [0.2, 0.25) is 0 Å². The number of hydrogen-bond donors (Lipinski definition) is 1. The van der Waals surface area contributed by atoms with Gasteiger partial charge in [0.1, 0.15) is 0 Å². The third-order valence-electron chi connectivity index (χ3n) is 2.97. The molecule has 0 radical (unpaired) electrons.